The van der Waals surface area contributed by atoms with E-state index in [0.29, 0.717) is 16.5 Å². The smallest absolute Gasteiger partial charge is 0.0620 e. The van der Waals surface area contributed by atoms with Crippen molar-refractivity contribution in [2.75, 3.05) is 0 Å². The van der Waals surface area contributed by atoms with E-state index in [9.17, 15) is 0 Å². The first-order valence-corrected chi connectivity index (χ1v) is 5.75. The Morgan fingerprint density at radius 2 is 2.00 bits per heavy atom. The van der Waals surface area contributed by atoms with E-state index >= 15 is 0 Å². The zero-order valence-electron chi connectivity index (χ0n) is 9.21. The van der Waals surface area contributed by atoms with Crippen molar-refractivity contribution in [3.05, 3.63) is 46.5 Å². The monoisotopic (exact) mass is 258 g/mol. The Labute approximate surface area is 106 Å². The summed E-state index contributed by atoms with van der Waals surface area (Å²) < 4.78 is 0. The summed E-state index contributed by atoms with van der Waals surface area (Å²) in [6, 6.07) is 5.45. The summed E-state index contributed by atoms with van der Waals surface area (Å²) in [5.74, 6) is 0. The summed E-state index contributed by atoms with van der Waals surface area (Å²) in [6.45, 7) is 5.71. The Morgan fingerprint density at radius 3 is 2.44 bits per heavy atom. The van der Waals surface area contributed by atoms with Crippen molar-refractivity contribution < 1.29 is 0 Å². The fourth-order valence-corrected chi connectivity index (χ4v) is 1.90. The standard InChI is InChI=1S/C12H16Cl2N2/c1-3-6-12(2,11(15)16)8-4-5-9(13)10(14)7-8/h3-5,7,11H,1,6,15-16H2,2H3. The third-order valence-corrected chi connectivity index (χ3v) is 3.62. The van der Waals surface area contributed by atoms with Gasteiger partial charge in [0, 0.05) is 5.41 Å². The first-order valence-electron chi connectivity index (χ1n) is 4.99. The lowest BCUT2D eigenvalue weighted by atomic mass is 9.77. The third-order valence-electron chi connectivity index (χ3n) is 2.88. The maximum atomic E-state index is 5.99. The fourth-order valence-electron chi connectivity index (χ4n) is 1.60. The minimum Gasteiger partial charge on any atom is -0.315 e. The topological polar surface area (TPSA) is 52.0 Å². The summed E-state index contributed by atoms with van der Waals surface area (Å²) >= 11 is 11.9. The van der Waals surface area contributed by atoms with Crippen molar-refractivity contribution in [3.8, 4) is 0 Å². The molecule has 1 aromatic rings. The molecule has 4 heteroatoms. The van der Waals surface area contributed by atoms with E-state index in [1.807, 2.05) is 13.0 Å². The molecule has 88 valence electrons. The van der Waals surface area contributed by atoms with Gasteiger partial charge in [-0.1, -0.05) is 42.3 Å². The summed E-state index contributed by atoms with van der Waals surface area (Å²) in [7, 11) is 0. The van der Waals surface area contributed by atoms with Crippen LogP contribution in [-0.4, -0.2) is 6.17 Å². The molecule has 0 amide bonds. The van der Waals surface area contributed by atoms with Gasteiger partial charge >= 0.3 is 0 Å². The Balaban J connectivity index is 3.21. The molecular formula is C12H16Cl2N2. The second kappa shape index (κ2) is 5.19. The summed E-state index contributed by atoms with van der Waals surface area (Å²) in [6.07, 6.45) is 2.00. The lowest BCUT2D eigenvalue weighted by molar-refractivity contribution is 0.385. The molecule has 0 aliphatic rings. The van der Waals surface area contributed by atoms with Crippen LogP contribution in [0.15, 0.2) is 30.9 Å². The average Bonchev–Trinajstić information content (AvgIpc) is 2.22. The Bertz CT molecular complexity index is 391. The molecule has 2 nitrogen and oxygen atoms in total. The van der Waals surface area contributed by atoms with Crippen LogP contribution in [0.4, 0.5) is 0 Å². The summed E-state index contributed by atoms with van der Waals surface area (Å²) in [5, 5.41) is 1.03. The Kier molecular flexibility index (Phi) is 4.39. The van der Waals surface area contributed by atoms with Crippen molar-refractivity contribution in [1.29, 1.82) is 0 Å². The molecule has 0 radical (unpaired) electrons. The van der Waals surface area contributed by atoms with Gasteiger partial charge in [0.25, 0.3) is 0 Å². The first-order chi connectivity index (χ1) is 7.41. The molecule has 0 bridgehead atoms. The van der Waals surface area contributed by atoms with Gasteiger partial charge in [-0.15, -0.1) is 6.58 Å². The van der Waals surface area contributed by atoms with E-state index < -0.39 is 6.17 Å². The molecule has 0 aromatic heterocycles. The second-order valence-electron chi connectivity index (χ2n) is 4.06. The van der Waals surface area contributed by atoms with E-state index in [2.05, 4.69) is 6.58 Å². The third kappa shape index (κ3) is 2.58. The number of hydrogen-bond donors (Lipinski definition) is 2. The van der Waals surface area contributed by atoms with E-state index in [1.165, 1.54) is 0 Å². The van der Waals surface area contributed by atoms with E-state index in [1.54, 1.807) is 18.2 Å². The molecule has 0 heterocycles. The van der Waals surface area contributed by atoms with Crippen LogP contribution in [0.2, 0.25) is 10.0 Å². The molecule has 4 N–H and O–H groups in total. The zero-order chi connectivity index (χ0) is 12.3. The Hall–Kier alpha value is -0.540. The van der Waals surface area contributed by atoms with Crippen molar-refractivity contribution in [2.45, 2.75) is 24.9 Å². The van der Waals surface area contributed by atoms with E-state index in [0.717, 1.165) is 5.56 Å². The lowest BCUT2D eigenvalue weighted by Crippen LogP contribution is -2.49. The van der Waals surface area contributed by atoms with Crippen LogP contribution in [0.5, 0.6) is 0 Å². The highest BCUT2D eigenvalue weighted by Crippen LogP contribution is 2.33. The Morgan fingerprint density at radius 1 is 1.38 bits per heavy atom. The molecule has 0 fully saturated rings. The molecule has 0 saturated heterocycles. The quantitative estimate of drug-likeness (QED) is 0.645. The van der Waals surface area contributed by atoms with Crippen LogP contribution in [0, 0.1) is 0 Å². The van der Waals surface area contributed by atoms with Crippen LogP contribution in [0.1, 0.15) is 18.9 Å². The maximum Gasteiger partial charge on any atom is 0.0620 e. The SMILES string of the molecule is C=CCC(C)(c1ccc(Cl)c(Cl)c1)C(N)N. The van der Waals surface area contributed by atoms with Crippen LogP contribution < -0.4 is 11.5 Å². The molecular weight excluding hydrogens is 243 g/mol. The van der Waals surface area contributed by atoms with Gasteiger partial charge in [-0.3, -0.25) is 0 Å². The van der Waals surface area contributed by atoms with Gasteiger partial charge in [0.05, 0.1) is 16.2 Å². The molecule has 16 heavy (non-hydrogen) atoms. The van der Waals surface area contributed by atoms with Gasteiger partial charge < -0.3 is 11.5 Å². The maximum absolute atomic E-state index is 5.99. The van der Waals surface area contributed by atoms with Gasteiger partial charge in [-0.25, -0.2) is 0 Å². The van der Waals surface area contributed by atoms with Gasteiger partial charge in [0.1, 0.15) is 0 Å². The largest absolute Gasteiger partial charge is 0.315 e. The molecule has 1 rings (SSSR count). The summed E-state index contributed by atoms with van der Waals surface area (Å²) in [5.41, 5.74) is 12.3. The van der Waals surface area contributed by atoms with Crippen molar-refractivity contribution in [2.24, 2.45) is 11.5 Å². The molecule has 0 aliphatic carbocycles. The number of rotatable bonds is 4. The predicted molar refractivity (Wildman–Crippen MR) is 70.8 cm³/mol. The fraction of sp³-hybridized carbons (Fsp3) is 0.333. The van der Waals surface area contributed by atoms with Crippen molar-refractivity contribution in [1.82, 2.24) is 0 Å². The summed E-state index contributed by atoms with van der Waals surface area (Å²) in [4.78, 5) is 0. The number of nitrogens with two attached hydrogens (primary N) is 2. The molecule has 0 aliphatic heterocycles. The highest BCUT2D eigenvalue weighted by Gasteiger charge is 2.30. The van der Waals surface area contributed by atoms with Crippen molar-refractivity contribution >= 4 is 23.2 Å². The van der Waals surface area contributed by atoms with Gasteiger partial charge in [-0.05, 0) is 24.1 Å². The predicted octanol–water partition coefficient (Wildman–Crippen LogP) is 3.07. The second-order valence-corrected chi connectivity index (χ2v) is 4.88. The minimum atomic E-state index is -0.484. The number of benzene rings is 1. The van der Waals surface area contributed by atoms with E-state index in [-0.39, 0.29) is 5.41 Å². The number of allylic oxidation sites excluding steroid dienone is 1. The van der Waals surface area contributed by atoms with Crippen LogP contribution in [0.3, 0.4) is 0 Å². The van der Waals surface area contributed by atoms with Gasteiger partial charge in [-0.2, -0.15) is 0 Å². The van der Waals surface area contributed by atoms with Crippen molar-refractivity contribution in [3.63, 3.8) is 0 Å². The minimum absolute atomic E-state index is 0.379. The lowest BCUT2D eigenvalue weighted by Gasteiger charge is -2.33. The number of hydrogen-bond acceptors (Lipinski definition) is 2. The van der Waals surface area contributed by atoms with Crippen LogP contribution in [0.25, 0.3) is 0 Å². The van der Waals surface area contributed by atoms with Crippen LogP contribution in [-0.2, 0) is 5.41 Å². The number of halogens is 2. The zero-order valence-corrected chi connectivity index (χ0v) is 10.7. The van der Waals surface area contributed by atoms with Gasteiger partial charge in [0.15, 0.2) is 0 Å². The molecule has 0 spiro atoms. The highest BCUT2D eigenvalue weighted by molar-refractivity contribution is 6.42. The highest BCUT2D eigenvalue weighted by atomic mass is 35.5. The molecule has 0 saturated carbocycles. The average molecular weight is 259 g/mol. The molecule has 1 aromatic carbocycles. The molecule has 1 atom stereocenters. The van der Waals surface area contributed by atoms with Gasteiger partial charge in [0.2, 0.25) is 0 Å². The van der Waals surface area contributed by atoms with Crippen LogP contribution >= 0.6 is 23.2 Å². The first kappa shape index (κ1) is 13.5. The van der Waals surface area contributed by atoms with E-state index in [4.69, 9.17) is 34.7 Å². The molecule has 1 unspecified atom stereocenters. The normalized spacial score (nSPS) is 14.9.